The molecule has 3 rings (SSSR count). The number of nitrogens with zero attached hydrogens (tertiary/aromatic N) is 2. The summed E-state index contributed by atoms with van der Waals surface area (Å²) in [7, 11) is -2.05. The molecule has 0 saturated carbocycles. The van der Waals surface area contributed by atoms with Gasteiger partial charge in [-0.05, 0) is 63.5 Å². The molecule has 10 heteroatoms. The number of nitrogens with one attached hydrogen (secondary N) is 1. The first-order valence-corrected chi connectivity index (χ1v) is 12.3. The standard InChI is InChI=1S/C23H22BrN3O5S/c1-32-21-13-17(12-20(24)22(21)28)14-25-26-23(29)18-10-8-16(9-11-18)15-27(33(2,30)31)19-6-4-3-5-7-19/h3-14,28H,15H2,1-2H3,(H,26,29)/b25-14-. The first kappa shape index (κ1) is 24.3. The highest BCUT2D eigenvalue weighted by Gasteiger charge is 2.17. The fourth-order valence-corrected chi connectivity index (χ4v) is 4.32. The van der Waals surface area contributed by atoms with Crippen LogP contribution in [0.4, 0.5) is 5.69 Å². The van der Waals surface area contributed by atoms with Gasteiger partial charge in [-0.1, -0.05) is 30.3 Å². The zero-order valence-electron chi connectivity index (χ0n) is 17.9. The third kappa shape index (κ3) is 6.33. The van der Waals surface area contributed by atoms with E-state index in [-0.39, 0.29) is 18.0 Å². The van der Waals surface area contributed by atoms with Gasteiger partial charge in [-0.2, -0.15) is 5.10 Å². The molecule has 172 valence electrons. The number of anilines is 1. The molecule has 0 spiro atoms. The summed E-state index contributed by atoms with van der Waals surface area (Å²) in [5.74, 6) is -0.183. The zero-order chi connectivity index (χ0) is 24.0. The molecule has 0 radical (unpaired) electrons. The number of rotatable bonds is 8. The van der Waals surface area contributed by atoms with Crippen LogP contribution in [0.25, 0.3) is 0 Å². The second-order valence-electron chi connectivity index (χ2n) is 7.05. The highest BCUT2D eigenvalue weighted by Crippen LogP contribution is 2.34. The molecule has 0 fully saturated rings. The monoisotopic (exact) mass is 531 g/mol. The van der Waals surface area contributed by atoms with Crippen molar-refractivity contribution in [3.8, 4) is 11.5 Å². The third-order valence-corrected chi connectivity index (χ3v) is 6.38. The van der Waals surface area contributed by atoms with E-state index in [9.17, 15) is 18.3 Å². The molecule has 1 amide bonds. The Labute approximate surface area is 200 Å². The van der Waals surface area contributed by atoms with Gasteiger partial charge in [0.1, 0.15) is 0 Å². The summed E-state index contributed by atoms with van der Waals surface area (Å²) >= 11 is 3.23. The SMILES string of the molecule is COc1cc(/C=N\NC(=O)c2ccc(CN(c3ccccc3)S(C)(=O)=O)cc2)cc(Br)c1O. The third-order valence-electron chi connectivity index (χ3n) is 4.64. The maximum atomic E-state index is 12.4. The largest absolute Gasteiger partial charge is 0.503 e. The lowest BCUT2D eigenvalue weighted by Gasteiger charge is -2.22. The Bertz CT molecular complexity index is 1260. The molecule has 0 unspecified atom stereocenters. The lowest BCUT2D eigenvalue weighted by atomic mass is 10.1. The molecule has 0 saturated heterocycles. The van der Waals surface area contributed by atoms with Gasteiger partial charge in [0.2, 0.25) is 10.0 Å². The predicted octanol–water partition coefficient (Wildman–Crippen LogP) is 3.89. The zero-order valence-corrected chi connectivity index (χ0v) is 20.3. The van der Waals surface area contributed by atoms with Gasteiger partial charge in [-0.25, -0.2) is 13.8 Å². The number of ether oxygens (including phenoxy) is 1. The second kappa shape index (κ2) is 10.5. The fraction of sp³-hybridized carbons (Fsp3) is 0.130. The number of sulfonamides is 1. The van der Waals surface area contributed by atoms with Crippen molar-refractivity contribution in [2.45, 2.75) is 6.54 Å². The topological polar surface area (TPSA) is 108 Å². The van der Waals surface area contributed by atoms with E-state index < -0.39 is 15.9 Å². The molecule has 8 nitrogen and oxygen atoms in total. The highest BCUT2D eigenvalue weighted by atomic mass is 79.9. The number of para-hydroxylation sites is 1. The minimum atomic E-state index is -3.48. The molecular formula is C23H22BrN3O5S. The summed E-state index contributed by atoms with van der Waals surface area (Å²) in [6.07, 6.45) is 2.57. The smallest absolute Gasteiger partial charge is 0.271 e. The molecule has 3 aromatic carbocycles. The normalized spacial score (nSPS) is 11.4. The molecule has 0 atom stereocenters. The summed E-state index contributed by atoms with van der Waals surface area (Å²) in [5.41, 5.74) is 4.70. The minimum Gasteiger partial charge on any atom is -0.503 e. The second-order valence-corrected chi connectivity index (χ2v) is 9.82. The van der Waals surface area contributed by atoms with Gasteiger partial charge < -0.3 is 9.84 Å². The van der Waals surface area contributed by atoms with Crippen LogP contribution in [0.15, 0.2) is 76.3 Å². The summed E-state index contributed by atoms with van der Waals surface area (Å²) in [5, 5.41) is 13.8. The quantitative estimate of drug-likeness (QED) is 0.338. The molecule has 0 aliphatic rings. The van der Waals surface area contributed by atoms with Crippen LogP contribution in [0.3, 0.4) is 0 Å². The maximum Gasteiger partial charge on any atom is 0.271 e. The number of hydrogen-bond donors (Lipinski definition) is 2. The van der Waals surface area contributed by atoms with Gasteiger partial charge in [0.25, 0.3) is 5.91 Å². The molecule has 0 bridgehead atoms. The van der Waals surface area contributed by atoms with Crippen LogP contribution in [0.1, 0.15) is 21.5 Å². The Morgan fingerprint density at radius 1 is 1.15 bits per heavy atom. The van der Waals surface area contributed by atoms with Crippen molar-refractivity contribution in [2.75, 3.05) is 17.7 Å². The summed E-state index contributed by atoms with van der Waals surface area (Å²) in [6.45, 7) is 0.139. The number of phenolic OH excluding ortho intramolecular Hbond substituents is 1. The average molecular weight is 532 g/mol. The molecule has 0 aromatic heterocycles. The predicted molar refractivity (Wildman–Crippen MR) is 131 cm³/mol. The Balaban J connectivity index is 1.68. The summed E-state index contributed by atoms with van der Waals surface area (Å²) in [6, 6.07) is 18.6. The Kier molecular flexibility index (Phi) is 7.72. The van der Waals surface area contributed by atoms with Gasteiger partial charge in [0.05, 0.1) is 36.3 Å². The van der Waals surface area contributed by atoms with Gasteiger partial charge in [-0.15, -0.1) is 0 Å². The van der Waals surface area contributed by atoms with E-state index in [1.165, 1.54) is 17.6 Å². The first-order chi connectivity index (χ1) is 15.7. The van der Waals surface area contributed by atoms with Crippen LogP contribution >= 0.6 is 15.9 Å². The van der Waals surface area contributed by atoms with Gasteiger partial charge in [-0.3, -0.25) is 9.10 Å². The van der Waals surface area contributed by atoms with Gasteiger partial charge >= 0.3 is 0 Å². The van der Waals surface area contributed by atoms with Crippen molar-refractivity contribution >= 4 is 43.8 Å². The molecule has 2 N–H and O–H groups in total. The van der Waals surface area contributed by atoms with Gasteiger partial charge in [0, 0.05) is 5.56 Å². The number of halogens is 1. The number of phenols is 1. The van der Waals surface area contributed by atoms with Crippen molar-refractivity contribution in [2.24, 2.45) is 5.10 Å². The first-order valence-electron chi connectivity index (χ1n) is 9.70. The highest BCUT2D eigenvalue weighted by molar-refractivity contribution is 9.10. The number of aromatic hydroxyl groups is 1. The van der Waals surface area contributed by atoms with Crippen LogP contribution in [0.2, 0.25) is 0 Å². The van der Waals surface area contributed by atoms with E-state index in [0.29, 0.717) is 21.3 Å². The fourth-order valence-electron chi connectivity index (χ4n) is 2.98. The van der Waals surface area contributed by atoms with Crippen LogP contribution in [-0.4, -0.2) is 39.0 Å². The minimum absolute atomic E-state index is 0.0273. The number of benzene rings is 3. The lowest BCUT2D eigenvalue weighted by molar-refractivity contribution is 0.0955. The molecule has 33 heavy (non-hydrogen) atoms. The van der Waals surface area contributed by atoms with E-state index >= 15 is 0 Å². The number of carbonyl (C=O) groups is 1. The Morgan fingerprint density at radius 3 is 2.42 bits per heavy atom. The number of amides is 1. The van der Waals surface area contributed by atoms with Crippen molar-refractivity contribution in [3.05, 3.63) is 87.9 Å². The van der Waals surface area contributed by atoms with Crippen molar-refractivity contribution in [3.63, 3.8) is 0 Å². The molecule has 3 aromatic rings. The Morgan fingerprint density at radius 2 is 1.82 bits per heavy atom. The van der Waals surface area contributed by atoms with Crippen LogP contribution < -0.4 is 14.5 Å². The van der Waals surface area contributed by atoms with Crippen molar-refractivity contribution in [1.29, 1.82) is 0 Å². The van der Waals surface area contributed by atoms with Crippen LogP contribution in [0.5, 0.6) is 11.5 Å². The number of methoxy groups -OCH3 is 1. The number of hydrazone groups is 1. The average Bonchev–Trinajstić information content (AvgIpc) is 2.79. The molecule has 0 heterocycles. The van der Waals surface area contributed by atoms with E-state index in [1.54, 1.807) is 60.7 Å². The van der Waals surface area contributed by atoms with Gasteiger partial charge in [0.15, 0.2) is 11.5 Å². The maximum absolute atomic E-state index is 12.4. The summed E-state index contributed by atoms with van der Waals surface area (Å²) in [4.78, 5) is 12.4. The molecular weight excluding hydrogens is 510 g/mol. The number of carbonyl (C=O) groups excluding carboxylic acids is 1. The van der Waals surface area contributed by atoms with E-state index in [1.807, 2.05) is 6.07 Å². The van der Waals surface area contributed by atoms with Crippen LogP contribution in [0, 0.1) is 0 Å². The van der Waals surface area contributed by atoms with E-state index in [2.05, 4.69) is 26.5 Å². The van der Waals surface area contributed by atoms with E-state index in [0.717, 1.165) is 11.8 Å². The van der Waals surface area contributed by atoms with Crippen molar-refractivity contribution < 1.29 is 23.1 Å². The van der Waals surface area contributed by atoms with E-state index in [4.69, 9.17) is 4.74 Å². The lowest BCUT2D eigenvalue weighted by Crippen LogP contribution is -2.29. The summed E-state index contributed by atoms with van der Waals surface area (Å²) < 4.78 is 31.3. The number of hydrogen-bond acceptors (Lipinski definition) is 6. The van der Waals surface area contributed by atoms with Crippen molar-refractivity contribution in [1.82, 2.24) is 5.43 Å². The van der Waals surface area contributed by atoms with Crippen LogP contribution in [-0.2, 0) is 16.6 Å². The molecule has 0 aliphatic heterocycles. The molecule has 0 aliphatic carbocycles. The Hall–Kier alpha value is -3.37.